The molecule has 1 aliphatic rings. The maximum Gasteiger partial charge on any atom is 0.298 e. The van der Waals surface area contributed by atoms with Crippen LogP contribution in [-0.4, -0.2) is 37.2 Å². The number of primary amides is 1. The number of hydrogen-bond acceptors (Lipinski definition) is 5. The number of aromatic nitrogens is 1. The Labute approximate surface area is 103 Å². The number of nitrogens with two attached hydrogens (primary N) is 1. The van der Waals surface area contributed by atoms with Crippen LogP contribution in [-0.2, 0) is 4.74 Å². The van der Waals surface area contributed by atoms with Gasteiger partial charge in [0.2, 0.25) is 0 Å². The lowest BCUT2D eigenvalue weighted by atomic mass is 10.2. The molecule has 6 nitrogen and oxygen atoms in total. The molecule has 18 heavy (non-hydrogen) atoms. The Balaban J connectivity index is 2.04. The summed E-state index contributed by atoms with van der Waals surface area (Å²) in [6.07, 6.45) is 0. The molecule has 1 fully saturated rings. The zero-order valence-corrected chi connectivity index (χ0v) is 9.68. The monoisotopic (exact) mass is 246 g/mol. The highest BCUT2D eigenvalue weighted by molar-refractivity contribution is 6.03. The molecule has 2 heterocycles. The van der Waals surface area contributed by atoms with Crippen LogP contribution in [0.5, 0.6) is 0 Å². The number of fused-ring (bicyclic) bond motifs is 1. The summed E-state index contributed by atoms with van der Waals surface area (Å²) in [5.41, 5.74) is 6.55. The van der Waals surface area contributed by atoms with E-state index in [1.54, 1.807) is 12.1 Å². The van der Waals surface area contributed by atoms with Crippen molar-refractivity contribution in [3.63, 3.8) is 0 Å². The topological polar surface area (TPSA) is 81.6 Å². The van der Waals surface area contributed by atoms with Gasteiger partial charge in [-0.1, -0.05) is 0 Å². The van der Waals surface area contributed by atoms with Crippen molar-refractivity contribution in [3.05, 3.63) is 23.8 Å². The summed E-state index contributed by atoms with van der Waals surface area (Å²) in [6.45, 7) is 2.74. The number of nitrogens with zero attached hydrogens (tertiary/aromatic N) is 2. The van der Waals surface area contributed by atoms with E-state index in [0.29, 0.717) is 30.3 Å². The molecular weight excluding hydrogens is 234 g/mol. The van der Waals surface area contributed by atoms with E-state index in [4.69, 9.17) is 14.9 Å². The second kappa shape index (κ2) is 4.30. The first kappa shape index (κ1) is 11.0. The highest BCUT2D eigenvalue weighted by Crippen LogP contribution is 2.24. The van der Waals surface area contributed by atoms with Gasteiger partial charge in [-0.15, -0.1) is 0 Å². The van der Waals surface area contributed by atoms with Gasteiger partial charge in [0, 0.05) is 13.1 Å². The Morgan fingerprint density at radius 2 is 2.22 bits per heavy atom. The summed E-state index contributed by atoms with van der Waals surface area (Å²) in [5.74, 6) is -0.553. The van der Waals surface area contributed by atoms with Crippen LogP contribution >= 0.6 is 0 Å². The van der Waals surface area contributed by atoms with Crippen LogP contribution < -0.4 is 10.6 Å². The number of ether oxygens (including phenoxy) is 1. The molecule has 2 N–H and O–H groups in total. The molecule has 1 aliphatic heterocycles. The van der Waals surface area contributed by atoms with Gasteiger partial charge in [-0.3, -0.25) is 4.79 Å². The molecule has 1 saturated heterocycles. The molecule has 93 valence electrons. The van der Waals surface area contributed by atoms with Crippen molar-refractivity contribution >= 4 is 23.0 Å². The van der Waals surface area contributed by atoms with Gasteiger partial charge in [0.05, 0.1) is 18.8 Å². The van der Waals surface area contributed by atoms with Crippen LogP contribution in [0.1, 0.15) is 10.4 Å². The average molecular weight is 246 g/mol. The lowest BCUT2D eigenvalue weighted by Crippen LogP contribution is -2.36. The van der Waals surface area contributed by atoms with Crippen LogP contribution in [0.3, 0.4) is 0 Å². The summed E-state index contributed by atoms with van der Waals surface area (Å²) in [5, 5.41) is 0. The van der Waals surface area contributed by atoms with Gasteiger partial charge in [0.15, 0.2) is 5.58 Å². The maximum absolute atomic E-state index is 11.3. The fourth-order valence-electron chi connectivity index (χ4n) is 1.96. The summed E-state index contributed by atoms with van der Waals surface area (Å²) in [7, 11) is 0. The van der Waals surface area contributed by atoms with Crippen LogP contribution in [0, 0.1) is 6.07 Å². The number of oxazole rings is 1. The Morgan fingerprint density at radius 3 is 2.94 bits per heavy atom. The van der Waals surface area contributed by atoms with Gasteiger partial charge in [-0.2, -0.15) is 4.98 Å². The molecule has 1 radical (unpaired) electrons. The van der Waals surface area contributed by atoms with Crippen molar-refractivity contribution in [2.45, 2.75) is 0 Å². The molecule has 1 amide bonds. The molecule has 0 unspecified atom stereocenters. The quantitative estimate of drug-likeness (QED) is 0.837. The second-order valence-corrected chi connectivity index (χ2v) is 4.03. The van der Waals surface area contributed by atoms with Crippen molar-refractivity contribution in [2.75, 3.05) is 31.2 Å². The molecule has 0 atom stereocenters. The van der Waals surface area contributed by atoms with Crippen molar-refractivity contribution in [1.29, 1.82) is 0 Å². The lowest BCUT2D eigenvalue weighted by Gasteiger charge is -2.24. The number of morpholine rings is 1. The number of carbonyl (C=O) groups excluding carboxylic acids is 1. The highest BCUT2D eigenvalue weighted by atomic mass is 16.5. The Kier molecular flexibility index (Phi) is 2.64. The highest BCUT2D eigenvalue weighted by Gasteiger charge is 2.19. The molecule has 1 aromatic heterocycles. The molecule has 2 aromatic rings. The van der Waals surface area contributed by atoms with E-state index in [-0.39, 0.29) is 5.56 Å². The van der Waals surface area contributed by atoms with Crippen LogP contribution in [0.2, 0.25) is 0 Å². The Bertz CT molecular complexity index is 587. The zero-order valence-electron chi connectivity index (χ0n) is 9.68. The van der Waals surface area contributed by atoms with E-state index in [0.717, 1.165) is 13.1 Å². The van der Waals surface area contributed by atoms with E-state index in [1.807, 2.05) is 4.90 Å². The summed E-state index contributed by atoms with van der Waals surface area (Å²) >= 11 is 0. The number of rotatable bonds is 2. The minimum absolute atomic E-state index is 0.260. The number of anilines is 1. The van der Waals surface area contributed by atoms with E-state index in [1.165, 1.54) is 0 Å². The van der Waals surface area contributed by atoms with E-state index in [2.05, 4.69) is 11.1 Å². The second-order valence-electron chi connectivity index (χ2n) is 4.03. The largest absolute Gasteiger partial charge is 0.423 e. The van der Waals surface area contributed by atoms with E-state index in [9.17, 15) is 4.79 Å². The molecule has 3 rings (SSSR count). The van der Waals surface area contributed by atoms with Gasteiger partial charge in [-0.05, 0) is 18.2 Å². The average Bonchev–Trinajstić information content (AvgIpc) is 2.83. The molecule has 0 spiro atoms. The molecule has 0 saturated carbocycles. The van der Waals surface area contributed by atoms with Crippen LogP contribution in [0.4, 0.5) is 6.01 Å². The molecule has 0 aliphatic carbocycles. The predicted octanol–water partition coefficient (Wildman–Crippen LogP) is 0.563. The fourth-order valence-corrected chi connectivity index (χ4v) is 1.96. The number of amides is 1. The molecule has 0 bridgehead atoms. The van der Waals surface area contributed by atoms with Crippen molar-refractivity contribution in [3.8, 4) is 0 Å². The molecular formula is C12H12N3O3. The molecule has 1 aromatic carbocycles. The predicted molar refractivity (Wildman–Crippen MR) is 64.4 cm³/mol. The van der Waals surface area contributed by atoms with Crippen molar-refractivity contribution in [1.82, 2.24) is 4.98 Å². The fraction of sp³-hybridized carbons (Fsp3) is 0.333. The van der Waals surface area contributed by atoms with Crippen LogP contribution in [0.25, 0.3) is 11.1 Å². The minimum Gasteiger partial charge on any atom is -0.423 e. The van der Waals surface area contributed by atoms with E-state index < -0.39 is 5.91 Å². The van der Waals surface area contributed by atoms with Gasteiger partial charge in [0.25, 0.3) is 11.9 Å². The number of benzene rings is 1. The van der Waals surface area contributed by atoms with Gasteiger partial charge < -0.3 is 19.8 Å². The number of hydrogen-bond donors (Lipinski definition) is 1. The first-order valence-corrected chi connectivity index (χ1v) is 5.69. The van der Waals surface area contributed by atoms with Gasteiger partial charge >= 0.3 is 0 Å². The summed E-state index contributed by atoms with van der Waals surface area (Å²) in [6, 6.07) is 6.61. The third-order valence-electron chi connectivity index (χ3n) is 2.87. The van der Waals surface area contributed by atoms with Crippen molar-refractivity contribution < 1.29 is 13.9 Å². The third-order valence-corrected chi connectivity index (χ3v) is 2.87. The Morgan fingerprint density at radius 1 is 1.44 bits per heavy atom. The maximum atomic E-state index is 11.3. The van der Waals surface area contributed by atoms with Gasteiger partial charge in [0.1, 0.15) is 5.52 Å². The zero-order chi connectivity index (χ0) is 12.5. The van der Waals surface area contributed by atoms with E-state index >= 15 is 0 Å². The van der Waals surface area contributed by atoms with Crippen molar-refractivity contribution in [2.24, 2.45) is 5.73 Å². The SMILES string of the molecule is NC(=O)c1[c]ccc2oc(N3CCOCC3)nc12. The van der Waals surface area contributed by atoms with Gasteiger partial charge in [-0.25, -0.2) is 0 Å². The Hall–Kier alpha value is -2.08. The lowest BCUT2D eigenvalue weighted by molar-refractivity contribution is 0.100. The first-order chi connectivity index (χ1) is 8.75. The third kappa shape index (κ3) is 1.80. The van der Waals surface area contributed by atoms with Crippen LogP contribution in [0.15, 0.2) is 16.5 Å². The smallest absolute Gasteiger partial charge is 0.298 e. The number of carbonyl (C=O) groups is 1. The normalized spacial score (nSPS) is 16.1. The summed E-state index contributed by atoms with van der Waals surface area (Å²) < 4.78 is 10.9. The minimum atomic E-state index is -0.553. The summed E-state index contributed by atoms with van der Waals surface area (Å²) in [4.78, 5) is 17.6. The first-order valence-electron chi connectivity index (χ1n) is 5.69. The standard InChI is InChI=1S/C12H12N3O3/c13-11(16)8-2-1-3-9-10(8)14-12(18-9)15-4-6-17-7-5-15/h1,3H,4-7H2,(H2,13,16). The molecule has 6 heteroatoms.